The summed E-state index contributed by atoms with van der Waals surface area (Å²) in [6.45, 7) is -0.183. The number of anilines is 1. The lowest BCUT2D eigenvalue weighted by atomic mass is 10.4. The van der Waals surface area contributed by atoms with E-state index in [1.165, 1.54) is 12.3 Å². The van der Waals surface area contributed by atoms with Crippen LogP contribution >= 0.6 is 11.3 Å². The van der Waals surface area contributed by atoms with Crippen molar-refractivity contribution in [3.05, 3.63) is 41.2 Å². The summed E-state index contributed by atoms with van der Waals surface area (Å²) in [7, 11) is -3.73. The van der Waals surface area contributed by atoms with Gasteiger partial charge in [0, 0.05) is 0 Å². The molecule has 8 nitrogen and oxygen atoms in total. The average molecular weight is 405 g/mol. The molecular weight excluding hydrogens is 395 g/mol. The number of rotatable bonds is 6. The molecule has 3 heterocycles. The van der Waals surface area contributed by atoms with Crippen LogP contribution in [-0.2, 0) is 16.6 Å². The number of hydrogen-bond donors (Lipinski definition) is 0. The first kappa shape index (κ1) is 18.3. The fraction of sp³-hybridized carbons (Fsp3) is 0.231. The van der Waals surface area contributed by atoms with Gasteiger partial charge in [-0.1, -0.05) is 0 Å². The highest BCUT2D eigenvalue weighted by molar-refractivity contribution is 7.92. The molecule has 0 saturated carbocycles. The summed E-state index contributed by atoms with van der Waals surface area (Å²) in [5.74, 6) is -1.55. The molecule has 13 heteroatoms. The third-order valence-electron chi connectivity index (χ3n) is 3.04. The number of hydrogen-bond acceptors (Lipinski definition) is 8. The van der Waals surface area contributed by atoms with Crippen molar-refractivity contribution < 1.29 is 26.0 Å². The minimum atomic E-state index is -3.73. The molecule has 0 atom stereocenters. The van der Waals surface area contributed by atoms with Crippen LogP contribution in [0.1, 0.15) is 17.3 Å². The molecule has 26 heavy (non-hydrogen) atoms. The Hall–Kier alpha value is -2.54. The van der Waals surface area contributed by atoms with Crippen LogP contribution in [-0.4, -0.2) is 34.8 Å². The van der Waals surface area contributed by atoms with Crippen molar-refractivity contribution >= 4 is 27.2 Å². The summed E-state index contributed by atoms with van der Waals surface area (Å²) >= 11 is 0.993. The second-order valence-electron chi connectivity index (χ2n) is 4.97. The van der Waals surface area contributed by atoms with Crippen LogP contribution in [0.25, 0.3) is 10.8 Å². The standard InChI is InChI=1S/C13H10F3N5O3S2/c1-26(22,23)21(9-3-2-7(14)4-17-9)6-10-18-5-8(25-10)12-19-20-13(24-12)11(15)16/h2-5,11H,6H2,1H3. The fourth-order valence-electron chi connectivity index (χ4n) is 1.91. The number of aromatic nitrogens is 4. The minimum absolute atomic E-state index is 0.0171. The third kappa shape index (κ3) is 3.99. The molecule has 0 aromatic carbocycles. The highest BCUT2D eigenvalue weighted by Crippen LogP contribution is 2.29. The number of halogens is 3. The van der Waals surface area contributed by atoms with Gasteiger partial charge in [0.25, 0.3) is 11.8 Å². The topological polar surface area (TPSA) is 102 Å². The average Bonchev–Trinajstić information content (AvgIpc) is 3.22. The largest absolute Gasteiger partial charge is 0.414 e. The highest BCUT2D eigenvalue weighted by atomic mass is 32.2. The predicted molar refractivity (Wildman–Crippen MR) is 85.6 cm³/mol. The van der Waals surface area contributed by atoms with Crippen molar-refractivity contribution in [2.45, 2.75) is 13.0 Å². The maximum Gasteiger partial charge on any atom is 0.314 e. The Morgan fingerprint density at radius 3 is 2.58 bits per heavy atom. The summed E-state index contributed by atoms with van der Waals surface area (Å²) in [6, 6.07) is 2.30. The van der Waals surface area contributed by atoms with Crippen molar-refractivity contribution in [1.82, 2.24) is 20.2 Å². The number of alkyl halides is 2. The van der Waals surface area contributed by atoms with E-state index in [1.807, 2.05) is 0 Å². The molecule has 0 aliphatic heterocycles. The van der Waals surface area contributed by atoms with E-state index < -0.39 is 28.2 Å². The lowest BCUT2D eigenvalue weighted by Crippen LogP contribution is -2.30. The fourth-order valence-corrected chi connectivity index (χ4v) is 3.63. The minimum Gasteiger partial charge on any atom is -0.414 e. The first-order valence-electron chi connectivity index (χ1n) is 6.90. The van der Waals surface area contributed by atoms with Gasteiger partial charge in [-0.25, -0.2) is 27.1 Å². The molecular formula is C13H10F3N5O3S2. The van der Waals surface area contributed by atoms with Gasteiger partial charge in [0.15, 0.2) is 0 Å². The van der Waals surface area contributed by atoms with Gasteiger partial charge in [0.2, 0.25) is 10.0 Å². The van der Waals surface area contributed by atoms with Gasteiger partial charge in [-0.05, 0) is 12.1 Å². The van der Waals surface area contributed by atoms with Gasteiger partial charge >= 0.3 is 6.43 Å². The molecule has 0 saturated heterocycles. The van der Waals surface area contributed by atoms with Gasteiger partial charge in [-0.15, -0.1) is 21.5 Å². The summed E-state index contributed by atoms with van der Waals surface area (Å²) in [4.78, 5) is 8.10. The number of pyridine rings is 1. The summed E-state index contributed by atoms with van der Waals surface area (Å²) in [5.41, 5.74) is 0. The molecule has 0 aliphatic carbocycles. The Morgan fingerprint density at radius 2 is 2.00 bits per heavy atom. The molecule has 0 bridgehead atoms. The maximum atomic E-state index is 13.0. The smallest absolute Gasteiger partial charge is 0.314 e. The molecule has 0 radical (unpaired) electrons. The number of thiazole rings is 1. The summed E-state index contributed by atoms with van der Waals surface area (Å²) in [6.07, 6.45) is 0.278. The molecule has 138 valence electrons. The van der Waals surface area contributed by atoms with Crippen LogP contribution in [0.2, 0.25) is 0 Å². The molecule has 0 amide bonds. The van der Waals surface area contributed by atoms with Crippen molar-refractivity contribution in [3.63, 3.8) is 0 Å². The first-order valence-corrected chi connectivity index (χ1v) is 9.56. The normalized spacial score (nSPS) is 11.9. The number of sulfonamides is 1. The van der Waals surface area contributed by atoms with Crippen molar-refractivity contribution in [3.8, 4) is 10.8 Å². The van der Waals surface area contributed by atoms with E-state index in [4.69, 9.17) is 4.42 Å². The molecule has 0 fully saturated rings. The lowest BCUT2D eigenvalue weighted by molar-refractivity contribution is 0.116. The van der Waals surface area contributed by atoms with Crippen LogP contribution in [0, 0.1) is 5.82 Å². The van der Waals surface area contributed by atoms with E-state index in [2.05, 4.69) is 20.2 Å². The first-order chi connectivity index (χ1) is 12.2. The molecule has 3 rings (SSSR count). The van der Waals surface area contributed by atoms with Crippen molar-refractivity contribution in [2.24, 2.45) is 0 Å². The van der Waals surface area contributed by atoms with Crippen LogP contribution in [0.15, 0.2) is 28.9 Å². The van der Waals surface area contributed by atoms with Gasteiger partial charge in [-0.3, -0.25) is 0 Å². The van der Waals surface area contributed by atoms with Gasteiger partial charge in [-0.2, -0.15) is 8.78 Å². The Morgan fingerprint density at radius 1 is 1.23 bits per heavy atom. The highest BCUT2D eigenvalue weighted by Gasteiger charge is 2.22. The van der Waals surface area contributed by atoms with Crippen LogP contribution in [0.5, 0.6) is 0 Å². The quantitative estimate of drug-likeness (QED) is 0.621. The van der Waals surface area contributed by atoms with E-state index in [0.717, 1.165) is 34.2 Å². The molecule has 3 aromatic heterocycles. The maximum absolute atomic E-state index is 13.0. The second-order valence-corrected chi connectivity index (χ2v) is 7.99. The summed E-state index contributed by atoms with van der Waals surface area (Å²) in [5, 5.41) is 7.05. The van der Waals surface area contributed by atoms with Crippen molar-refractivity contribution in [2.75, 3.05) is 10.6 Å². The zero-order valence-corrected chi connectivity index (χ0v) is 14.6. The van der Waals surface area contributed by atoms with Gasteiger partial charge < -0.3 is 4.42 Å². The monoisotopic (exact) mass is 405 g/mol. The van der Waals surface area contributed by atoms with Crippen molar-refractivity contribution in [1.29, 1.82) is 0 Å². The summed E-state index contributed by atoms with van der Waals surface area (Å²) < 4.78 is 67.8. The Labute approximate surface area is 149 Å². The van der Waals surface area contributed by atoms with Crippen LogP contribution in [0.3, 0.4) is 0 Å². The van der Waals surface area contributed by atoms with E-state index in [9.17, 15) is 21.6 Å². The van der Waals surface area contributed by atoms with E-state index in [1.54, 1.807) is 0 Å². The molecule has 0 aliphatic rings. The van der Waals surface area contributed by atoms with Gasteiger partial charge in [0.05, 0.1) is 25.2 Å². The van der Waals surface area contributed by atoms with E-state index in [0.29, 0.717) is 9.88 Å². The third-order valence-corrected chi connectivity index (χ3v) is 5.13. The molecule has 0 N–H and O–H groups in total. The SMILES string of the molecule is CS(=O)(=O)N(Cc1ncc(-c2nnc(C(F)F)o2)s1)c1ccc(F)cn1. The zero-order chi connectivity index (χ0) is 18.9. The zero-order valence-electron chi connectivity index (χ0n) is 13.0. The predicted octanol–water partition coefficient (Wildman–Crippen LogP) is 2.63. The molecule has 0 unspecified atom stereocenters. The van der Waals surface area contributed by atoms with Crippen LogP contribution < -0.4 is 4.31 Å². The van der Waals surface area contributed by atoms with E-state index in [-0.39, 0.29) is 18.3 Å². The molecule has 3 aromatic rings. The molecule has 0 spiro atoms. The number of nitrogens with zero attached hydrogens (tertiary/aromatic N) is 5. The Balaban J connectivity index is 1.86. The lowest BCUT2D eigenvalue weighted by Gasteiger charge is -2.19. The Kier molecular flexibility index (Phi) is 4.91. The van der Waals surface area contributed by atoms with Gasteiger partial charge in [0.1, 0.15) is 21.5 Å². The second kappa shape index (κ2) is 6.99. The Bertz CT molecular complexity index is 1000. The van der Waals surface area contributed by atoms with Crippen LogP contribution in [0.4, 0.5) is 19.0 Å². The van der Waals surface area contributed by atoms with E-state index >= 15 is 0 Å².